The monoisotopic (exact) mass is 309 g/mol. The maximum atomic E-state index is 3.65. The van der Waals surface area contributed by atoms with Gasteiger partial charge in [0.05, 0.1) is 0 Å². The lowest BCUT2D eigenvalue weighted by molar-refractivity contribution is 0.464. The molecule has 124 valence electrons. The van der Waals surface area contributed by atoms with E-state index in [4.69, 9.17) is 0 Å². The molecular weight excluding hydrogens is 278 g/mol. The molecule has 0 aromatic heterocycles. The molecule has 1 fully saturated rings. The van der Waals surface area contributed by atoms with Gasteiger partial charge in [-0.15, -0.1) is 0 Å². The van der Waals surface area contributed by atoms with E-state index >= 15 is 0 Å². The van der Waals surface area contributed by atoms with Crippen LogP contribution in [-0.2, 0) is 0 Å². The summed E-state index contributed by atoms with van der Waals surface area (Å²) >= 11 is 0. The van der Waals surface area contributed by atoms with Crippen LogP contribution in [0.5, 0.6) is 0 Å². The van der Waals surface area contributed by atoms with Gasteiger partial charge < -0.3 is 5.32 Å². The summed E-state index contributed by atoms with van der Waals surface area (Å²) < 4.78 is 0. The number of nitrogens with one attached hydrogen (secondary N) is 1. The Kier molecular flexibility index (Phi) is 4.40. The van der Waals surface area contributed by atoms with E-state index in [1.165, 1.54) is 29.7 Å². The smallest absolute Gasteiger partial charge is 0.0366 e. The molecule has 1 N–H and O–H groups in total. The molecule has 2 aliphatic carbocycles. The van der Waals surface area contributed by atoms with Gasteiger partial charge in [0, 0.05) is 12.2 Å². The van der Waals surface area contributed by atoms with Crippen LogP contribution in [0.3, 0.4) is 0 Å². The zero-order valence-electron chi connectivity index (χ0n) is 15.3. The minimum Gasteiger partial charge on any atom is -0.381 e. The Bertz CT molecular complexity index is 612. The van der Waals surface area contributed by atoms with Gasteiger partial charge in [-0.2, -0.15) is 0 Å². The summed E-state index contributed by atoms with van der Waals surface area (Å²) in [4.78, 5) is 0. The van der Waals surface area contributed by atoms with Crippen molar-refractivity contribution in [2.45, 2.75) is 47.5 Å². The number of benzene rings is 1. The fourth-order valence-corrected chi connectivity index (χ4v) is 4.05. The van der Waals surface area contributed by atoms with Crippen molar-refractivity contribution in [3.63, 3.8) is 0 Å². The molecule has 0 bridgehead atoms. The number of anilines is 1. The average Bonchev–Trinajstić information content (AvgIpc) is 2.85. The zero-order valence-corrected chi connectivity index (χ0v) is 15.3. The van der Waals surface area contributed by atoms with Crippen LogP contribution in [-0.4, -0.2) is 6.54 Å². The van der Waals surface area contributed by atoms with Crippen molar-refractivity contribution in [1.82, 2.24) is 0 Å². The first-order chi connectivity index (χ1) is 10.8. The molecule has 3 atom stereocenters. The van der Waals surface area contributed by atoms with Crippen LogP contribution in [0.4, 0.5) is 5.69 Å². The third-order valence-electron chi connectivity index (χ3n) is 5.47. The van der Waals surface area contributed by atoms with E-state index in [9.17, 15) is 0 Å². The van der Waals surface area contributed by atoms with E-state index in [1.807, 2.05) is 0 Å². The van der Waals surface area contributed by atoms with E-state index < -0.39 is 0 Å². The standard InChI is InChI=1S/C22H31N/c1-15-6-8-20(9-7-15)23-14-18-13-19(22(3,4)5)12-17-10-16(2)11-21(17)18/h6-9,12-13,16-17,21,23H,10-11,14H2,1-5H3. The van der Waals surface area contributed by atoms with E-state index in [1.54, 1.807) is 5.57 Å². The highest BCUT2D eigenvalue weighted by molar-refractivity contribution is 5.47. The van der Waals surface area contributed by atoms with Gasteiger partial charge in [-0.1, -0.05) is 57.5 Å². The van der Waals surface area contributed by atoms with Crippen LogP contribution in [0, 0.1) is 30.1 Å². The second-order valence-electron chi connectivity index (χ2n) is 8.66. The minimum atomic E-state index is 0.242. The summed E-state index contributed by atoms with van der Waals surface area (Å²) in [5.74, 6) is 2.34. The Morgan fingerprint density at radius 2 is 1.78 bits per heavy atom. The third kappa shape index (κ3) is 3.71. The predicted molar refractivity (Wildman–Crippen MR) is 101 cm³/mol. The van der Waals surface area contributed by atoms with Crippen LogP contribution in [0.25, 0.3) is 0 Å². The Morgan fingerprint density at radius 1 is 1.09 bits per heavy atom. The quantitative estimate of drug-likeness (QED) is 0.724. The second kappa shape index (κ2) is 6.19. The number of hydrogen-bond acceptors (Lipinski definition) is 1. The van der Waals surface area contributed by atoms with E-state index in [0.29, 0.717) is 0 Å². The van der Waals surface area contributed by atoms with Gasteiger partial charge in [-0.05, 0) is 66.2 Å². The van der Waals surface area contributed by atoms with Crippen LogP contribution in [0.15, 0.2) is 47.6 Å². The molecule has 3 unspecified atom stereocenters. The Hall–Kier alpha value is -1.50. The molecular formula is C22H31N. The molecule has 0 aliphatic heterocycles. The van der Waals surface area contributed by atoms with Crippen LogP contribution >= 0.6 is 0 Å². The van der Waals surface area contributed by atoms with E-state index in [0.717, 1.165) is 24.3 Å². The Balaban J connectivity index is 1.79. The first-order valence-corrected chi connectivity index (χ1v) is 9.06. The first-order valence-electron chi connectivity index (χ1n) is 9.06. The highest BCUT2D eigenvalue weighted by Crippen LogP contribution is 2.46. The summed E-state index contributed by atoms with van der Waals surface area (Å²) in [6, 6.07) is 8.74. The van der Waals surface area contributed by atoms with E-state index in [-0.39, 0.29) is 5.41 Å². The van der Waals surface area contributed by atoms with Crippen molar-refractivity contribution >= 4 is 5.69 Å². The number of fused-ring (bicyclic) bond motifs is 1. The van der Waals surface area contributed by atoms with Gasteiger partial charge in [0.1, 0.15) is 0 Å². The lowest BCUT2D eigenvalue weighted by Crippen LogP contribution is -2.22. The molecule has 0 heterocycles. The number of aryl methyl sites for hydroxylation is 1. The summed E-state index contributed by atoms with van der Waals surface area (Å²) in [7, 11) is 0. The molecule has 1 aromatic carbocycles. The number of hydrogen-bond donors (Lipinski definition) is 1. The van der Waals surface area contributed by atoms with Gasteiger partial charge in [-0.25, -0.2) is 0 Å². The van der Waals surface area contributed by atoms with Crippen molar-refractivity contribution in [2.75, 3.05) is 11.9 Å². The lowest BCUT2D eigenvalue weighted by atomic mass is 9.75. The molecule has 0 radical (unpaired) electrons. The molecule has 1 heteroatoms. The highest BCUT2D eigenvalue weighted by Gasteiger charge is 2.36. The largest absolute Gasteiger partial charge is 0.381 e. The van der Waals surface area contributed by atoms with Crippen LogP contribution in [0.2, 0.25) is 0 Å². The third-order valence-corrected chi connectivity index (χ3v) is 5.47. The normalized spacial score (nSPS) is 27.3. The number of rotatable bonds is 3. The lowest BCUT2D eigenvalue weighted by Gasteiger charge is -2.31. The van der Waals surface area contributed by atoms with Crippen molar-refractivity contribution in [3.05, 3.63) is 53.1 Å². The molecule has 1 aromatic rings. The highest BCUT2D eigenvalue weighted by atomic mass is 14.9. The van der Waals surface area contributed by atoms with Crippen LogP contribution in [0.1, 0.15) is 46.1 Å². The number of allylic oxidation sites excluding steroid dienone is 3. The summed E-state index contributed by atoms with van der Waals surface area (Å²) in [6.45, 7) is 12.5. The molecule has 1 nitrogen and oxygen atoms in total. The minimum absolute atomic E-state index is 0.242. The van der Waals surface area contributed by atoms with Gasteiger partial charge >= 0.3 is 0 Å². The topological polar surface area (TPSA) is 12.0 Å². The molecule has 1 saturated carbocycles. The molecule has 23 heavy (non-hydrogen) atoms. The zero-order chi connectivity index (χ0) is 16.6. The first kappa shape index (κ1) is 16.4. The molecule has 0 amide bonds. The van der Waals surface area contributed by atoms with Gasteiger partial charge in [0.2, 0.25) is 0 Å². The maximum Gasteiger partial charge on any atom is 0.0366 e. The fourth-order valence-electron chi connectivity index (χ4n) is 4.05. The predicted octanol–water partition coefficient (Wildman–Crippen LogP) is 5.98. The van der Waals surface area contributed by atoms with Crippen molar-refractivity contribution in [3.8, 4) is 0 Å². The molecule has 3 rings (SSSR count). The van der Waals surface area contributed by atoms with E-state index in [2.05, 4.69) is 76.4 Å². The Labute approximate surface area is 141 Å². The van der Waals surface area contributed by atoms with Crippen LogP contribution < -0.4 is 5.32 Å². The van der Waals surface area contributed by atoms with Gasteiger partial charge in [-0.3, -0.25) is 0 Å². The SMILES string of the molecule is Cc1ccc(NCC2=CC(C(C)(C)C)=CC3CC(C)CC23)cc1. The average molecular weight is 309 g/mol. The molecule has 2 aliphatic rings. The summed E-state index contributed by atoms with van der Waals surface area (Å²) in [5.41, 5.74) is 5.91. The van der Waals surface area contributed by atoms with Gasteiger partial charge in [0.15, 0.2) is 0 Å². The second-order valence-corrected chi connectivity index (χ2v) is 8.66. The fraction of sp³-hybridized carbons (Fsp3) is 0.545. The summed E-state index contributed by atoms with van der Waals surface area (Å²) in [6.07, 6.45) is 7.76. The molecule has 0 spiro atoms. The summed E-state index contributed by atoms with van der Waals surface area (Å²) in [5, 5.41) is 3.65. The van der Waals surface area contributed by atoms with Gasteiger partial charge in [0.25, 0.3) is 0 Å². The maximum absolute atomic E-state index is 3.65. The Morgan fingerprint density at radius 3 is 2.43 bits per heavy atom. The molecule has 0 saturated heterocycles. The van der Waals surface area contributed by atoms with Crippen molar-refractivity contribution in [1.29, 1.82) is 0 Å². The van der Waals surface area contributed by atoms with Crippen molar-refractivity contribution in [2.24, 2.45) is 23.2 Å². The van der Waals surface area contributed by atoms with Crippen molar-refractivity contribution < 1.29 is 0 Å².